The Bertz CT molecular complexity index is 549. The van der Waals surface area contributed by atoms with E-state index in [-0.39, 0.29) is 12.5 Å². The van der Waals surface area contributed by atoms with Gasteiger partial charge >= 0.3 is 0 Å². The third-order valence-corrected chi connectivity index (χ3v) is 4.04. The lowest BCUT2D eigenvalue weighted by Crippen LogP contribution is -2.59. The van der Waals surface area contributed by atoms with Crippen LogP contribution in [0, 0.1) is 0 Å². The normalized spacial score (nSPS) is 22.2. The molecule has 1 heterocycles. The van der Waals surface area contributed by atoms with Crippen molar-refractivity contribution in [3.63, 3.8) is 0 Å². The number of hydrogen-bond acceptors (Lipinski definition) is 4. The lowest BCUT2D eigenvalue weighted by molar-refractivity contribution is -0.119. The lowest BCUT2D eigenvalue weighted by Gasteiger charge is -2.36. The van der Waals surface area contributed by atoms with Crippen LogP contribution in [0.4, 0.5) is 0 Å². The average Bonchev–Trinajstić information content (AvgIpc) is 2.55. The van der Waals surface area contributed by atoms with Crippen molar-refractivity contribution >= 4 is 11.5 Å². The van der Waals surface area contributed by atoms with Crippen LogP contribution in [0.2, 0.25) is 0 Å². The minimum Gasteiger partial charge on any atom is -0.497 e. The summed E-state index contributed by atoms with van der Waals surface area (Å²) in [5.41, 5.74) is 1.24. The second-order valence-corrected chi connectivity index (χ2v) is 5.77. The molecule has 1 aromatic rings. The molecule has 0 saturated carbocycles. The SMILES string of the molecule is COc1cccc(/C(C)=C/C(=O)NC2(CO)CCCNC2)c1. The Morgan fingerprint density at radius 3 is 3.00 bits per heavy atom. The van der Waals surface area contributed by atoms with Crippen LogP contribution in [-0.2, 0) is 4.79 Å². The van der Waals surface area contributed by atoms with Gasteiger partial charge in [0.05, 0.1) is 19.3 Å². The van der Waals surface area contributed by atoms with E-state index in [0.717, 1.165) is 36.3 Å². The fraction of sp³-hybridized carbons (Fsp3) is 0.471. The summed E-state index contributed by atoms with van der Waals surface area (Å²) in [6.45, 7) is 3.36. The number of allylic oxidation sites excluding steroid dienone is 1. The number of carbonyl (C=O) groups excluding carboxylic acids is 1. The second kappa shape index (κ2) is 7.42. The minimum atomic E-state index is -0.555. The molecule has 1 aromatic carbocycles. The van der Waals surface area contributed by atoms with Crippen molar-refractivity contribution in [2.45, 2.75) is 25.3 Å². The summed E-state index contributed by atoms with van der Waals surface area (Å²) in [5, 5.41) is 15.8. The zero-order chi connectivity index (χ0) is 16.0. The standard InChI is InChI=1S/C17H24N2O3/c1-13(14-5-3-6-15(10-14)22-2)9-16(21)19-17(12-20)7-4-8-18-11-17/h3,5-6,9-10,18,20H,4,7-8,11-12H2,1-2H3,(H,19,21)/b13-9+. The highest BCUT2D eigenvalue weighted by Crippen LogP contribution is 2.20. The molecule has 0 radical (unpaired) electrons. The zero-order valence-electron chi connectivity index (χ0n) is 13.2. The number of hydrogen-bond donors (Lipinski definition) is 3. The number of piperidine rings is 1. The van der Waals surface area contributed by atoms with E-state index >= 15 is 0 Å². The fourth-order valence-electron chi connectivity index (χ4n) is 2.69. The highest BCUT2D eigenvalue weighted by atomic mass is 16.5. The molecule has 2 rings (SSSR count). The molecule has 0 bridgehead atoms. The molecule has 5 heteroatoms. The van der Waals surface area contributed by atoms with Crippen molar-refractivity contribution in [2.24, 2.45) is 0 Å². The van der Waals surface area contributed by atoms with Crippen LogP contribution in [-0.4, -0.2) is 43.4 Å². The van der Waals surface area contributed by atoms with Gasteiger partial charge in [-0.3, -0.25) is 4.79 Å². The molecule has 1 unspecified atom stereocenters. The van der Waals surface area contributed by atoms with Crippen LogP contribution in [0.5, 0.6) is 5.75 Å². The second-order valence-electron chi connectivity index (χ2n) is 5.77. The topological polar surface area (TPSA) is 70.6 Å². The number of amides is 1. The molecule has 5 nitrogen and oxygen atoms in total. The van der Waals surface area contributed by atoms with Crippen LogP contribution in [0.1, 0.15) is 25.3 Å². The van der Waals surface area contributed by atoms with E-state index in [2.05, 4.69) is 10.6 Å². The molecule has 1 fully saturated rings. The monoisotopic (exact) mass is 304 g/mol. The summed E-state index contributed by atoms with van der Waals surface area (Å²) in [5.74, 6) is 0.576. The van der Waals surface area contributed by atoms with Crippen LogP contribution in [0.25, 0.3) is 5.57 Å². The van der Waals surface area contributed by atoms with Gasteiger partial charge in [0.2, 0.25) is 5.91 Å². The Kier molecular flexibility index (Phi) is 5.57. The third kappa shape index (κ3) is 4.08. The van der Waals surface area contributed by atoms with Gasteiger partial charge in [0.15, 0.2) is 0 Å². The Hall–Kier alpha value is -1.85. The first-order valence-electron chi connectivity index (χ1n) is 7.55. The van der Waals surface area contributed by atoms with Gasteiger partial charge in [-0.1, -0.05) is 12.1 Å². The Morgan fingerprint density at radius 2 is 2.36 bits per heavy atom. The number of methoxy groups -OCH3 is 1. The molecule has 0 aromatic heterocycles. The zero-order valence-corrected chi connectivity index (χ0v) is 13.2. The van der Waals surface area contributed by atoms with Gasteiger partial charge in [-0.25, -0.2) is 0 Å². The van der Waals surface area contributed by atoms with Crippen LogP contribution in [0.3, 0.4) is 0 Å². The number of aliphatic hydroxyl groups excluding tert-OH is 1. The molecule has 1 aliphatic rings. The number of benzene rings is 1. The summed E-state index contributed by atoms with van der Waals surface area (Å²) in [6, 6.07) is 7.59. The van der Waals surface area contributed by atoms with Gasteiger partial charge in [-0.15, -0.1) is 0 Å². The van der Waals surface area contributed by atoms with Crippen molar-refractivity contribution in [3.05, 3.63) is 35.9 Å². The van der Waals surface area contributed by atoms with Crippen molar-refractivity contribution in [2.75, 3.05) is 26.8 Å². The van der Waals surface area contributed by atoms with Gasteiger partial charge in [-0.05, 0) is 49.6 Å². The Labute approximate surface area is 131 Å². The predicted octanol–water partition coefficient (Wildman–Crippen LogP) is 1.33. The minimum absolute atomic E-state index is 0.0578. The summed E-state index contributed by atoms with van der Waals surface area (Å²) in [7, 11) is 1.62. The van der Waals surface area contributed by atoms with Gasteiger partial charge in [0.25, 0.3) is 0 Å². The number of nitrogens with one attached hydrogen (secondary N) is 2. The molecule has 120 valence electrons. The molecule has 1 atom stereocenters. The van der Waals surface area contributed by atoms with Gasteiger partial charge < -0.3 is 20.5 Å². The van der Waals surface area contributed by atoms with Gasteiger partial charge in [0.1, 0.15) is 5.75 Å². The van der Waals surface area contributed by atoms with E-state index in [9.17, 15) is 9.90 Å². The number of carbonyl (C=O) groups is 1. The predicted molar refractivity (Wildman–Crippen MR) is 86.7 cm³/mol. The number of ether oxygens (including phenoxy) is 1. The Balaban J connectivity index is 2.08. The molecule has 1 aliphatic heterocycles. The van der Waals surface area contributed by atoms with E-state index in [1.165, 1.54) is 0 Å². The van der Waals surface area contributed by atoms with Gasteiger partial charge in [0, 0.05) is 12.6 Å². The van der Waals surface area contributed by atoms with Crippen LogP contribution in [0.15, 0.2) is 30.3 Å². The lowest BCUT2D eigenvalue weighted by atomic mass is 9.91. The van der Waals surface area contributed by atoms with Crippen molar-refractivity contribution in [1.82, 2.24) is 10.6 Å². The molecule has 1 amide bonds. The molecule has 22 heavy (non-hydrogen) atoms. The first-order chi connectivity index (χ1) is 10.6. The molecular weight excluding hydrogens is 280 g/mol. The molecule has 0 spiro atoms. The van der Waals surface area contributed by atoms with E-state index < -0.39 is 5.54 Å². The van der Waals surface area contributed by atoms with Gasteiger partial charge in [-0.2, -0.15) is 0 Å². The van der Waals surface area contributed by atoms with Crippen LogP contribution < -0.4 is 15.4 Å². The number of aliphatic hydroxyl groups is 1. The summed E-state index contributed by atoms with van der Waals surface area (Å²) in [6.07, 6.45) is 3.30. The van der Waals surface area contributed by atoms with Crippen molar-refractivity contribution < 1.29 is 14.6 Å². The third-order valence-electron chi connectivity index (χ3n) is 4.04. The van der Waals surface area contributed by atoms with E-state index in [1.54, 1.807) is 13.2 Å². The summed E-state index contributed by atoms with van der Waals surface area (Å²) in [4.78, 5) is 12.3. The maximum absolute atomic E-state index is 12.3. The highest BCUT2D eigenvalue weighted by molar-refractivity contribution is 5.95. The molecule has 0 aliphatic carbocycles. The van der Waals surface area contributed by atoms with Crippen molar-refractivity contribution in [3.8, 4) is 5.75 Å². The first-order valence-corrected chi connectivity index (χ1v) is 7.55. The van der Waals surface area contributed by atoms with E-state index in [1.807, 2.05) is 31.2 Å². The fourth-order valence-corrected chi connectivity index (χ4v) is 2.69. The quantitative estimate of drug-likeness (QED) is 0.718. The van der Waals surface area contributed by atoms with Crippen molar-refractivity contribution in [1.29, 1.82) is 0 Å². The average molecular weight is 304 g/mol. The first kappa shape index (κ1) is 16.5. The molecular formula is C17H24N2O3. The van der Waals surface area contributed by atoms with E-state index in [4.69, 9.17) is 4.74 Å². The largest absolute Gasteiger partial charge is 0.497 e. The maximum atomic E-state index is 12.3. The summed E-state index contributed by atoms with van der Waals surface area (Å²) < 4.78 is 5.20. The highest BCUT2D eigenvalue weighted by Gasteiger charge is 2.32. The smallest absolute Gasteiger partial charge is 0.244 e. The van der Waals surface area contributed by atoms with E-state index in [0.29, 0.717) is 6.54 Å². The molecule has 3 N–H and O–H groups in total. The Morgan fingerprint density at radius 1 is 1.55 bits per heavy atom. The maximum Gasteiger partial charge on any atom is 0.244 e. The molecule has 1 saturated heterocycles. The summed E-state index contributed by atoms with van der Waals surface area (Å²) >= 11 is 0. The number of rotatable bonds is 5. The van der Waals surface area contributed by atoms with Crippen LogP contribution >= 0.6 is 0 Å².